The van der Waals surface area contributed by atoms with Crippen LogP contribution in [0.2, 0.25) is 0 Å². The summed E-state index contributed by atoms with van der Waals surface area (Å²) < 4.78 is 32.7. The molecule has 2 aliphatic rings. The van der Waals surface area contributed by atoms with Crippen molar-refractivity contribution in [3.63, 3.8) is 0 Å². The number of hydrogen-bond donors (Lipinski definition) is 1. The summed E-state index contributed by atoms with van der Waals surface area (Å²) in [6, 6.07) is 4.54. The second-order valence-corrected chi connectivity index (χ2v) is 10.4. The Bertz CT molecular complexity index is 929. The smallest absolute Gasteiger partial charge is 0.265 e. The van der Waals surface area contributed by atoms with E-state index in [1.165, 1.54) is 21.3 Å². The molecule has 0 aromatic heterocycles. The topological polar surface area (TPSA) is 96.0 Å². The lowest BCUT2D eigenvalue weighted by atomic mass is 9.78. The third-order valence-electron chi connectivity index (χ3n) is 6.57. The molecule has 1 N–H and O–H groups in total. The van der Waals surface area contributed by atoms with Gasteiger partial charge in [-0.3, -0.25) is 14.5 Å². The maximum atomic E-state index is 12.9. The zero-order valence-corrected chi connectivity index (χ0v) is 19.6. The van der Waals surface area contributed by atoms with E-state index in [0.717, 1.165) is 19.3 Å². The van der Waals surface area contributed by atoms with Crippen molar-refractivity contribution in [2.24, 2.45) is 11.8 Å². The highest BCUT2D eigenvalue weighted by atomic mass is 32.2. The summed E-state index contributed by atoms with van der Waals surface area (Å²) in [6.45, 7) is 8.23. The van der Waals surface area contributed by atoms with E-state index in [9.17, 15) is 18.0 Å². The number of hydrogen-bond acceptors (Lipinski definition) is 5. The number of carbonyl (C=O) groups excluding carboxylic acids is 2. The van der Waals surface area contributed by atoms with Gasteiger partial charge >= 0.3 is 0 Å². The summed E-state index contributed by atoms with van der Waals surface area (Å²) >= 11 is 0. The number of sulfonamides is 1. The fraction of sp³-hybridized carbons (Fsp3) is 0.636. The first-order chi connectivity index (χ1) is 14.7. The summed E-state index contributed by atoms with van der Waals surface area (Å²) in [4.78, 5) is 26.8. The van der Waals surface area contributed by atoms with Gasteiger partial charge in [-0.05, 0) is 36.5 Å². The second kappa shape index (κ2) is 9.56. The molecule has 172 valence electrons. The van der Waals surface area contributed by atoms with E-state index >= 15 is 0 Å². The van der Waals surface area contributed by atoms with Gasteiger partial charge in [0.1, 0.15) is 12.3 Å². The normalized spacial score (nSPS) is 24.0. The van der Waals surface area contributed by atoms with Gasteiger partial charge in [-0.1, -0.05) is 40.5 Å². The highest BCUT2D eigenvalue weighted by Crippen LogP contribution is 2.35. The van der Waals surface area contributed by atoms with Crippen LogP contribution in [0.1, 0.15) is 47.0 Å². The van der Waals surface area contributed by atoms with Crippen molar-refractivity contribution in [1.82, 2.24) is 9.62 Å². The van der Waals surface area contributed by atoms with Crippen molar-refractivity contribution in [3.8, 4) is 5.75 Å². The van der Waals surface area contributed by atoms with Gasteiger partial charge in [0.05, 0.1) is 10.6 Å². The average molecular weight is 452 g/mol. The number of nitrogens with one attached hydrogen (secondary N) is 1. The molecule has 31 heavy (non-hydrogen) atoms. The maximum Gasteiger partial charge on any atom is 0.265 e. The lowest BCUT2D eigenvalue weighted by molar-refractivity contribution is -0.126. The third kappa shape index (κ3) is 4.87. The predicted molar refractivity (Wildman–Crippen MR) is 119 cm³/mol. The molecule has 1 fully saturated rings. The summed E-state index contributed by atoms with van der Waals surface area (Å²) in [5, 5.41) is 3.08. The van der Waals surface area contributed by atoms with Crippen LogP contribution in [-0.2, 0) is 19.6 Å². The molecule has 0 unspecified atom stereocenters. The molecule has 3 atom stereocenters. The molecule has 1 saturated carbocycles. The molecule has 9 heteroatoms. The van der Waals surface area contributed by atoms with Crippen LogP contribution in [0.25, 0.3) is 0 Å². The molecule has 1 aliphatic carbocycles. The summed E-state index contributed by atoms with van der Waals surface area (Å²) in [5.41, 5.74) is 0.310. The monoisotopic (exact) mass is 451 g/mol. The highest BCUT2D eigenvalue weighted by Gasteiger charge is 2.32. The molecule has 0 saturated heterocycles. The zero-order valence-electron chi connectivity index (χ0n) is 18.8. The van der Waals surface area contributed by atoms with E-state index < -0.39 is 10.0 Å². The standard InChI is InChI=1S/C22H33N3O5S/c1-5-24(6-2)31(28,29)17-10-11-20-19(12-17)25(22(27)14-30-20)13-21(26)23-18-9-7-8-15(3)16(18)4/h10-12,15-16,18H,5-9,13-14H2,1-4H3,(H,23,26)/t15-,16-,18+/m0/s1. The van der Waals surface area contributed by atoms with Crippen molar-refractivity contribution >= 4 is 27.5 Å². The van der Waals surface area contributed by atoms with Gasteiger partial charge in [0.2, 0.25) is 15.9 Å². The molecule has 0 bridgehead atoms. The van der Waals surface area contributed by atoms with Crippen molar-refractivity contribution < 1.29 is 22.7 Å². The molecule has 1 aliphatic heterocycles. The van der Waals surface area contributed by atoms with Crippen molar-refractivity contribution in [2.45, 2.75) is 57.9 Å². The summed E-state index contributed by atoms with van der Waals surface area (Å²) in [6.07, 6.45) is 3.16. The average Bonchev–Trinajstić information content (AvgIpc) is 2.74. The summed E-state index contributed by atoms with van der Waals surface area (Å²) in [5.74, 6) is 0.689. The van der Waals surface area contributed by atoms with E-state index in [2.05, 4.69) is 19.2 Å². The number of benzene rings is 1. The van der Waals surface area contributed by atoms with Gasteiger partial charge < -0.3 is 10.1 Å². The van der Waals surface area contributed by atoms with Crippen molar-refractivity contribution in [1.29, 1.82) is 0 Å². The van der Waals surface area contributed by atoms with Crippen LogP contribution in [-0.4, -0.2) is 56.8 Å². The van der Waals surface area contributed by atoms with Gasteiger partial charge in [-0.25, -0.2) is 8.42 Å². The number of amides is 2. The van der Waals surface area contributed by atoms with Crippen LogP contribution >= 0.6 is 0 Å². The first-order valence-electron chi connectivity index (χ1n) is 11.1. The first kappa shape index (κ1) is 23.5. The fourth-order valence-corrected chi connectivity index (χ4v) is 5.89. The first-order valence-corrected chi connectivity index (χ1v) is 12.5. The molecule has 1 aromatic rings. The lowest BCUT2D eigenvalue weighted by Gasteiger charge is -2.35. The zero-order chi connectivity index (χ0) is 22.8. The highest BCUT2D eigenvalue weighted by molar-refractivity contribution is 7.89. The number of carbonyl (C=O) groups is 2. The Labute approximate surface area is 185 Å². The lowest BCUT2D eigenvalue weighted by Crippen LogP contribution is -2.50. The molecular weight excluding hydrogens is 418 g/mol. The van der Waals surface area contributed by atoms with Crippen LogP contribution in [0.15, 0.2) is 23.1 Å². The van der Waals surface area contributed by atoms with E-state index in [-0.39, 0.29) is 35.9 Å². The molecule has 3 rings (SSSR count). The summed E-state index contributed by atoms with van der Waals surface area (Å²) in [7, 11) is -3.70. The molecule has 8 nitrogen and oxygen atoms in total. The van der Waals surface area contributed by atoms with Crippen molar-refractivity contribution in [3.05, 3.63) is 18.2 Å². The van der Waals surface area contributed by atoms with Gasteiger partial charge in [0.25, 0.3) is 5.91 Å². The van der Waals surface area contributed by atoms with E-state index in [1.54, 1.807) is 19.9 Å². The number of fused-ring (bicyclic) bond motifs is 1. The molecule has 0 radical (unpaired) electrons. The van der Waals surface area contributed by atoms with Gasteiger partial charge in [-0.2, -0.15) is 4.31 Å². The Kier molecular flexibility index (Phi) is 7.26. The third-order valence-corrected chi connectivity index (χ3v) is 8.62. The molecular formula is C22H33N3O5S. The van der Waals surface area contributed by atoms with Crippen LogP contribution in [0, 0.1) is 11.8 Å². The molecule has 2 amide bonds. The Balaban J connectivity index is 1.83. The Morgan fingerprint density at radius 1 is 1.23 bits per heavy atom. The van der Waals surface area contributed by atoms with Crippen LogP contribution in [0.3, 0.4) is 0 Å². The Morgan fingerprint density at radius 2 is 1.94 bits per heavy atom. The minimum absolute atomic E-state index is 0.0772. The molecule has 1 heterocycles. The van der Waals surface area contributed by atoms with Gasteiger partial charge in [0, 0.05) is 19.1 Å². The Morgan fingerprint density at radius 3 is 2.61 bits per heavy atom. The van der Waals surface area contributed by atoms with E-state index in [0.29, 0.717) is 36.4 Å². The number of nitrogens with zero attached hydrogens (tertiary/aromatic N) is 2. The van der Waals surface area contributed by atoms with E-state index in [4.69, 9.17) is 4.74 Å². The quantitative estimate of drug-likeness (QED) is 0.687. The predicted octanol–water partition coefficient (Wildman–Crippen LogP) is 2.38. The maximum absolute atomic E-state index is 12.9. The Hall–Kier alpha value is -2.13. The molecule has 0 spiro atoms. The van der Waals surface area contributed by atoms with Gasteiger partial charge in [-0.15, -0.1) is 0 Å². The van der Waals surface area contributed by atoms with Crippen LogP contribution in [0.4, 0.5) is 5.69 Å². The fourth-order valence-electron chi connectivity index (χ4n) is 4.41. The number of rotatable bonds is 7. The van der Waals surface area contributed by atoms with Crippen LogP contribution in [0.5, 0.6) is 5.75 Å². The number of ether oxygens (including phenoxy) is 1. The molecule has 1 aromatic carbocycles. The van der Waals surface area contributed by atoms with Gasteiger partial charge in [0.15, 0.2) is 6.61 Å². The number of anilines is 1. The minimum atomic E-state index is -3.70. The SMILES string of the molecule is CCN(CC)S(=O)(=O)c1ccc2c(c1)N(CC(=O)N[C@@H]1CCC[C@H](C)[C@@H]1C)C(=O)CO2. The van der Waals surface area contributed by atoms with E-state index in [1.807, 2.05) is 0 Å². The van der Waals surface area contributed by atoms with Crippen LogP contribution < -0.4 is 15.0 Å². The minimum Gasteiger partial charge on any atom is -0.482 e. The largest absolute Gasteiger partial charge is 0.482 e. The second-order valence-electron chi connectivity index (χ2n) is 8.43. The van der Waals surface area contributed by atoms with Crippen molar-refractivity contribution in [2.75, 3.05) is 31.1 Å².